The highest BCUT2D eigenvalue weighted by Gasteiger charge is 2.15. The van der Waals surface area contributed by atoms with Gasteiger partial charge in [0.1, 0.15) is 11.3 Å². The van der Waals surface area contributed by atoms with Gasteiger partial charge in [0.15, 0.2) is 0 Å². The number of fused-ring (bicyclic) bond motifs is 1. The van der Waals surface area contributed by atoms with E-state index >= 15 is 0 Å². The zero-order chi connectivity index (χ0) is 19.9. The van der Waals surface area contributed by atoms with Crippen LogP contribution in [0.25, 0.3) is 11.0 Å². The molecule has 1 aromatic heterocycles. The van der Waals surface area contributed by atoms with Crippen molar-refractivity contribution in [3.8, 4) is 6.07 Å². The fourth-order valence-corrected chi connectivity index (χ4v) is 2.88. The molecule has 3 rings (SSSR count). The van der Waals surface area contributed by atoms with E-state index < -0.39 is 0 Å². The lowest BCUT2D eigenvalue weighted by molar-refractivity contribution is 0.187. The summed E-state index contributed by atoms with van der Waals surface area (Å²) in [7, 11) is 3.96. The lowest BCUT2D eigenvalue weighted by Crippen LogP contribution is -2.42. The van der Waals surface area contributed by atoms with Crippen molar-refractivity contribution in [3.63, 3.8) is 0 Å². The third-order valence-corrected chi connectivity index (χ3v) is 4.45. The summed E-state index contributed by atoms with van der Waals surface area (Å²) in [6, 6.07) is 19.0. The Morgan fingerprint density at radius 1 is 1.11 bits per heavy atom. The second kappa shape index (κ2) is 9.07. The number of amides is 2. The minimum absolute atomic E-state index is 0.147. The van der Waals surface area contributed by atoms with Crippen LogP contribution >= 0.6 is 0 Å². The van der Waals surface area contributed by atoms with Gasteiger partial charge in [0.25, 0.3) is 0 Å². The standard InChI is InChI=1S/C22H24N4O2/c1-25(2)11-12-26(16-18-9-7-17(14-23)8-10-18)22(27)24-15-20-13-19-5-3-4-6-21(19)28-20/h3-10,13H,11-12,15-16H2,1-2H3,(H,24,27). The Kier molecular flexibility index (Phi) is 6.30. The summed E-state index contributed by atoms with van der Waals surface area (Å²) < 4.78 is 5.77. The number of hydrogen-bond acceptors (Lipinski definition) is 4. The van der Waals surface area contributed by atoms with Gasteiger partial charge in [-0.3, -0.25) is 0 Å². The van der Waals surface area contributed by atoms with E-state index in [0.29, 0.717) is 25.2 Å². The number of likely N-dealkylation sites (N-methyl/N-ethyl adjacent to an activating group) is 1. The molecule has 0 unspecified atom stereocenters. The van der Waals surface area contributed by atoms with Gasteiger partial charge in [0.05, 0.1) is 18.2 Å². The van der Waals surface area contributed by atoms with E-state index in [1.165, 1.54) is 0 Å². The number of nitrogens with zero attached hydrogens (tertiary/aromatic N) is 3. The molecule has 28 heavy (non-hydrogen) atoms. The van der Waals surface area contributed by atoms with Crippen molar-refractivity contribution in [2.75, 3.05) is 27.2 Å². The quantitative estimate of drug-likeness (QED) is 0.684. The maximum atomic E-state index is 12.8. The van der Waals surface area contributed by atoms with Crippen LogP contribution in [0.2, 0.25) is 0 Å². The van der Waals surface area contributed by atoms with Gasteiger partial charge in [-0.2, -0.15) is 5.26 Å². The van der Waals surface area contributed by atoms with Crippen molar-refractivity contribution in [3.05, 3.63) is 71.5 Å². The van der Waals surface area contributed by atoms with E-state index in [9.17, 15) is 4.79 Å². The molecule has 144 valence electrons. The molecule has 0 atom stereocenters. The predicted octanol–water partition coefficient (Wildman–Crippen LogP) is 3.58. The summed E-state index contributed by atoms with van der Waals surface area (Å²) >= 11 is 0. The van der Waals surface area contributed by atoms with Crippen LogP contribution in [0.5, 0.6) is 0 Å². The van der Waals surface area contributed by atoms with Crippen molar-refractivity contribution in [2.45, 2.75) is 13.1 Å². The Bertz CT molecular complexity index is 937. The Hall–Kier alpha value is -3.30. The van der Waals surface area contributed by atoms with Crippen LogP contribution < -0.4 is 5.32 Å². The highest BCUT2D eigenvalue weighted by atomic mass is 16.3. The number of urea groups is 1. The van der Waals surface area contributed by atoms with Crippen molar-refractivity contribution >= 4 is 17.0 Å². The van der Waals surface area contributed by atoms with Crippen LogP contribution in [0.15, 0.2) is 59.0 Å². The number of rotatable bonds is 7. The summed E-state index contributed by atoms with van der Waals surface area (Å²) in [6.07, 6.45) is 0. The fourth-order valence-electron chi connectivity index (χ4n) is 2.88. The van der Waals surface area contributed by atoms with E-state index in [0.717, 1.165) is 28.8 Å². The Labute approximate surface area is 165 Å². The number of benzene rings is 2. The summed E-state index contributed by atoms with van der Waals surface area (Å²) in [4.78, 5) is 16.6. The fraction of sp³-hybridized carbons (Fsp3) is 0.273. The van der Waals surface area contributed by atoms with E-state index in [1.54, 1.807) is 17.0 Å². The first kappa shape index (κ1) is 19.5. The molecule has 0 spiro atoms. The van der Waals surface area contributed by atoms with Crippen LogP contribution in [0.1, 0.15) is 16.9 Å². The number of carbonyl (C=O) groups is 1. The molecule has 0 saturated carbocycles. The highest BCUT2D eigenvalue weighted by Crippen LogP contribution is 2.18. The smallest absolute Gasteiger partial charge is 0.318 e. The van der Waals surface area contributed by atoms with Crippen molar-refractivity contribution in [1.29, 1.82) is 5.26 Å². The molecule has 2 aromatic carbocycles. The largest absolute Gasteiger partial charge is 0.459 e. The molecular weight excluding hydrogens is 352 g/mol. The first-order valence-corrected chi connectivity index (χ1v) is 9.19. The minimum Gasteiger partial charge on any atom is -0.459 e. The van der Waals surface area contributed by atoms with E-state index in [-0.39, 0.29) is 6.03 Å². The van der Waals surface area contributed by atoms with Gasteiger partial charge in [0.2, 0.25) is 0 Å². The normalized spacial score (nSPS) is 10.8. The molecule has 0 aliphatic heterocycles. The van der Waals surface area contributed by atoms with E-state index in [2.05, 4.69) is 11.4 Å². The molecule has 1 heterocycles. The van der Waals surface area contributed by atoms with E-state index in [4.69, 9.17) is 9.68 Å². The first-order valence-electron chi connectivity index (χ1n) is 9.19. The van der Waals surface area contributed by atoms with Gasteiger partial charge in [-0.25, -0.2) is 4.79 Å². The third-order valence-electron chi connectivity index (χ3n) is 4.45. The zero-order valence-corrected chi connectivity index (χ0v) is 16.2. The third kappa shape index (κ3) is 5.12. The van der Waals surface area contributed by atoms with Gasteiger partial charge in [-0.1, -0.05) is 30.3 Å². The molecule has 1 N–H and O–H groups in total. The van der Waals surface area contributed by atoms with Gasteiger partial charge in [0, 0.05) is 25.0 Å². The molecule has 0 bridgehead atoms. The summed E-state index contributed by atoms with van der Waals surface area (Å²) in [6.45, 7) is 2.16. The highest BCUT2D eigenvalue weighted by molar-refractivity contribution is 5.78. The van der Waals surface area contributed by atoms with E-state index in [1.807, 2.05) is 61.5 Å². The SMILES string of the molecule is CN(C)CCN(Cc1ccc(C#N)cc1)C(=O)NCc1cc2ccccc2o1. The number of nitrogens with one attached hydrogen (secondary N) is 1. The van der Waals surface area contributed by atoms with Gasteiger partial charge < -0.3 is 19.5 Å². The average Bonchev–Trinajstić information content (AvgIpc) is 3.12. The Morgan fingerprint density at radius 3 is 2.54 bits per heavy atom. The van der Waals surface area contributed by atoms with Crippen molar-refractivity contribution in [1.82, 2.24) is 15.1 Å². The lowest BCUT2D eigenvalue weighted by atomic mass is 10.1. The number of nitriles is 1. The Morgan fingerprint density at radius 2 is 1.86 bits per heavy atom. The van der Waals surface area contributed by atoms with Crippen LogP contribution in [0, 0.1) is 11.3 Å². The second-order valence-electron chi connectivity index (χ2n) is 6.94. The molecular formula is C22H24N4O2. The molecule has 0 aliphatic rings. The maximum Gasteiger partial charge on any atom is 0.318 e. The van der Waals surface area contributed by atoms with Crippen LogP contribution in [0.3, 0.4) is 0 Å². The first-order chi connectivity index (χ1) is 13.5. The molecule has 0 aliphatic carbocycles. The molecule has 0 fully saturated rings. The second-order valence-corrected chi connectivity index (χ2v) is 6.94. The number of carbonyl (C=O) groups excluding carboxylic acids is 1. The van der Waals surface area contributed by atoms with Crippen LogP contribution in [0.4, 0.5) is 4.79 Å². The van der Waals surface area contributed by atoms with Crippen molar-refractivity contribution in [2.24, 2.45) is 0 Å². The van der Waals surface area contributed by atoms with Crippen LogP contribution in [-0.2, 0) is 13.1 Å². The molecule has 0 radical (unpaired) electrons. The predicted molar refractivity (Wildman–Crippen MR) is 109 cm³/mol. The van der Waals surface area contributed by atoms with Gasteiger partial charge >= 0.3 is 6.03 Å². The zero-order valence-electron chi connectivity index (χ0n) is 16.2. The Balaban J connectivity index is 1.65. The number of hydrogen-bond donors (Lipinski definition) is 1. The van der Waals surface area contributed by atoms with Crippen LogP contribution in [-0.4, -0.2) is 43.0 Å². The van der Waals surface area contributed by atoms with Gasteiger partial charge in [-0.05, 0) is 43.9 Å². The summed E-state index contributed by atoms with van der Waals surface area (Å²) in [5, 5.41) is 12.9. The lowest BCUT2D eigenvalue weighted by Gasteiger charge is -2.24. The summed E-state index contributed by atoms with van der Waals surface area (Å²) in [5.74, 6) is 0.723. The van der Waals surface area contributed by atoms with Gasteiger partial charge in [-0.15, -0.1) is 0 Å². The molecule has 6 nitrogen and oxygen atoms in total. The molecule has 0 saturated heterocycles. The maximum absolute atomic E-state index is 12.8. The molecule has 2 amide bonds. The minimum atomic E-state index is -0.147. The molecule has 3 aromatic rings. The topological polar surface area (TPSA) is 72.5 Å². The number of para-hydroxylation sites is 1. The van der Waals surface area contributed by atoms with Crippen molar-refractivity contribution < 1.29 is 9.21 Å². The summed E-state index contributed by atoms with van der Waals surface area (Å²) in [5.41, 5.74) is 2.41. The average molecular weight is 376 g/mol. The number of furan rings is 1. The monoisotopic (exact) mass is 376 g/mol. The molecule has 6 heteroatoms.